The third-order valence-corrected chi connectivity index (χ3v) is 5.25. The Balaban J connectivity index is 1.79. The van der Waals surface area contributed by atoms with Gasteiger partial charge in [0.15, 0.2) is 5.65 Å². The number of hydrogen-bond donors (Lipinski definition) is 0. The molecule has 0 bridgehead atoms. The maximum Gasteiger partial charge on any atom is 0.318 e. The second-order valence-electron chi connectivity index (χ2n) is 6.72. The van der Waals surface area contributed by atoms with E-state index < -0.39 is 5.41 Å². The molecule has 1 unspecified atom stereocenters. The van der Waals surface area contributed by atoms with E-state index in [-0.39, 0.29) is 5.97 Å². The number of benzene rings is 1. The van der Waals surface area contributed by atoms with Crippen LogP contribution in [0, 0.1) is 6.92 Å². The molecule has 0 saturated carbocycles. The van der Waals surface area contributed by atoms with E-state index >= 15 is 0 Å². The fourth-order valence-electron chi connectivity index (χ4n) is 3.96. The van der Waals surface area contributed by atoms with Gasteiger partial charge in [-0.2, -0.15) is 5.10 Å². The predicted octanol–water partition coefficient (Wildman–Crippen LogP) is 1.99. The lowest BCUT2D eigenvalue weighted by Gasteiger charge is -2.27. The summed E-state index contributed by atoms with van der Waals surface area (Å²) >= 11 is 0. The van der Waals surface area contributed by atoms with Gasteiger partial charge in [-0.15, -0.1) is 0 Å². The van der Waals surface area contributed by atoms with E-state index in [1.54, 1.807) is 11.0 Å². The molecule has 134 valence electrons. The van der Waals surface area contributed by atoms with Crippen molar-refractivity contribution in [2.24, 2.45) is 7.05 Å². The lowest BCUT2D eigenvalue weighted by atomic mass is 9.79. The SMILES string of the molecule is COC(=O)C1(c2ccccc2)CCN(c2ncnc3c2c(C)nn3C)C1. The van der Waals surface area contributed by atoms with E-state index in [1.165, 1.54) is 7.11 Å². The number of aryl methyl sites for hydroxylation is 2. The van der Waals surface area contributed by atoms with Crippen LogP contribution in [0.3, 0.4) is 0 Å². The second-order valence-corrected chi connectivity index (χ2v) is 6.72. The Kier molecular flexibility index (Phi) is 3.86. The van der Waals surface area contributed by atoms with Gasteiger partial charge < -0.3 is 9.64 Å². The molecule has 3 heterocycles. The zero-order valence-electron chi connectivity index (χ0n) is 15.1. The van der Waals surface area contributed by atoms with Gasteiger partial charge in [0.2, 0.25) is 0 Å². The largest absolute Gasteiger partial charge is 0.468 e. The molecule has 1 atom stereocenters. The van der Waals surface area contributed by atoms with E-state index in [2.05, 4.69) is 20.0 Å². The molecule has 1 aliphatic rings. The Hall–Kier alpha value is -2.96. The highest BCUT2D eigenvalue weighted by atomic mass is 16.5. The van der Waals surface area contributed by atoms with Crippen molar-refractivity contribution in [3.05, 3.63) is 47.9 Å². The smallest absolute Gasteiger partial charge is 0.318 e. The topological polar surface area (TPSA) is 73.1 Å². The summed E-state index contributed by atoms with van der Waals surface area (Å²) in [6.45, 7) is 3.19. The number of rotatable bonds is 3. The number of esters is 1. The molecule has 7 heteroatoms. The molecule has 26 heavy (non-hydrogen) atoms. The Bertz CT molecular complexity index is 969. The molecule has 2 aromatic heterocycles. The van der Waals surface area contributed by atoms with Crippen LogP contribution in [0.1, 0.15) is 17.7 Å². The molecule has 0 N–H and O–H groups in total. The van der Waals surface area contributed by atoms with E-state index in [1.807, 2.05) is 44.3 Å². The number of hydrogen-bond acceptors (Lipinski definition) is 6. The van der Waals surface area contributed by atoms with Crippen LogP contribution in [0.5, 0.6) is 0 Å². The van der Waals surface area contributed by atoms with Crippen molar-refractivity contribution in [3.63, 3.8) is 0 Å². The number of anilines is 1. The van der Waals surface area contributed by atoms with Gasteiger partial charge in [0.1, 0.15) is 17.6 Å². The predicted molar refractivity (Wildman–Crippen MR) is 98.0 cm³/mol. The van der Waals surface area contributed by atoms with Crippen LogP contribution in [-0.4, -0.2) is 45.9 Å². The lowest BCUT2D eigenvalue weighted by molar-refractivity contribution is -0.146. The van der Waals surface area contributed by atoms with Gasteiger partial charge >= 0.3 is 5.97 Å². The summed E-state index contributed by atoms with van der Waals surface area (Å²) in [5.41, 5.74) is 1.96. The number of aromatic nitrogens is 4. The maximum atomic E-state index is 12.7. The van der Waals surface area contributed by atoms with E-state index in [4.69, 9.17) is 4.74 Å². The zero-order valence-corrected chi connectivity index (χ0v) is 15.1. The second kappa shape index (κ2) is 6.09. The van der Waals surface area contributed by atoms with Gasteiger partial charge in [-0.3, -0.25) is 9.48 Å². The molecule has 7 nitrogen and oxygen atoms in total. The number of carbonyl (C=O) groups excluding carboxylic acids is 1. The van der Waals surface area contributed by atoms with Crippen molar-refractivity contribution in [2.75, 3.05) is 25.1 Å². The van der Waals surface area contributed by atoms with Gasteiger partial charge in [0, 0.05) is 20.1 Å². The molecular formula is C19H21N5O2. The Labute approximate surface area is 151 Å². The number of methoxy groups -OCH3 is 1. The first-order valence-electron chi connectivity index (χ1n) is 8.60. The van der Waals surface area contributed by atoms with E-state index in [9.17, 15) is 4.79 Å². The van der Waals surface area contributed by atoms with Crippen LogP contribution in [0.25, 0.3) is 11.0 Å². The zero-order chi connectivity index (χ0) is 18.3. The highest BCUT2D eigenvalue weighted by molar-refractivity contribution is 5.91. The summed E-state index contributed by atoms with van der Waals surface area (Å²) in [5.74, 6) is 0.613. The van der Waals surface area contributed by atoms with Crippen LogP contribution in [-0.2, 0) is 22.0 Å². The number of ether oxygens (including phenoxy) is 1. The first kappa shape index (κ1) is 16.5. The highest BCUT2D eigenvalue weighted by Gasteiger charge is 2.47. The first-order chi connectivity index (χ1) is 12.6. The molecular weight excluding hydrogens is 330 g/mol. The Morgan fingerprint density at radius 2 is 2.00 bits per heavy atom. The number of nitrogens with zero attached hydrogens (tertiary/aromatic N) is 5. The Morgan fingerprint density at radius 3 is 2.73 bits per heavy atom. The summed E-state index contributed by atoms with van der Waals surface area (Å²) in [7, 11) is 3.32. The Morgan fingerprint density at radius 1 is 1.23 bits per heavy atom. The molecule has 1 saturated heterocycles. The quantitative estimate of drug-likeness (QED) is 0.672. The van der Waals surface area contributed by atoms with Gasteiger partial charge in [-0.25, -0.2) is 9.97 Å². The van der Waals surface area contributed by atoms with Crippen molar-refractivity contribution in [2.45, 2.75) is 18.8 Å². The highest BCUT2D eigenvalue weighted by Crippen LogP contribution is 2.39. The summed E-state index contributed by atoms with van der Waals surface area (Å²) in [5, 5.41) is 5.40. The average Bonchev–Trinajstić information content (AvgIpc) is 3.25. The minimum Gasteiger partial charge on any atom is -0.468 e. The van der Waals surface area contributed by atoms with Gasteiger partial charge in [-0.05, 0) is 18.9 Å². The minimum atomic E-state index is -0.691. The molecule has 4 rings (SSSR count). The van der Waals surface area contributed by atoms with Crippen LogP contribution in [0.15, 0.2) is 36.7 Å². The molecule has 0 aliphatic carbocycles. The number of fused-ring (bicyclic) bond motifs is 1. The van der Waals surface area contributed by atoms with E-state index in [0.717, 1.165) is 28.1 Å². The summed E-state index contributed by atoms with van der Waals surface area (Å²) < 4.78 is 6.94. The number of carbonyl (C=O) groups is 1. The van der Waals surface area contributed by atoms with Gasteiger partial charge in [0.25, 0.3) is 0 Å². The minimum absolute atomic E-state index is 0.209. The van der Waals surface area contributed by atoms with Crippen LogP contribution in [0.4, 0.5) is 5.82 Å². The standard InChI is InChI=1S/C19H21N5O2/c1-13-15-16(23(2)22-13)20-12-21-17(15)24-10-9-19(11-24,18(25)26-3)14-7-5-4-6-8-14/h4-8,12H,9-11H2,1-3H3. The van der Waals surface area contributed by atoms with Crippen molar-refractivity contribution in [1.29, 1.82) is 0 Å². The van der Waals surface area contributed by atoms with Crippen molar-refractivity contribution in [3.8, 4) is 0 Å². The molecule has 1 aromatic carbocycles. The molecule has 0 spiro atoms. The van der Waals surface area contributed by atoms with Crippen molar-refractivity contribution >= 4 is 22.8 Å². The van der Waals surface area contributed by atoms with Gasteiger partial charge in [-0.1, -0.05) is 30.3 Å². The molecule has 1 aliphatic heterocycles. The van der Waals surface area contributed by atoms with Gasteiger partial charge in [0.05, 0.1) is 18.2 Å². The fraction of sp³-hybridized carbons (Fsp3) is 0.368. The lowest BCUT2D eigenvalue weighted by Crippen LogP contribution is -2.40. The van der Waals surface area contributed by atoms with Crippen LogP contribution in [0.2, 0.25) is 0 Å². The summed E-state index contributed by atoms with van der Waals surface area (Å²) in [6.07, 6.45) is 2.23. The van der Waals surface area contributed by atoms with Crippen molar-refractivity contribution in [1.82, 2.24) is 19.7 Å². The summed E-state index contributed by atoms with van der Waals surface area (Å²) in [6, 6.07) is 9.85. The van der Waals surface area contributed by atoms with Crippen molar-refractivity contribution < 1.29 is 9.53 Å². The third kappa shape index (κ3) is 2.34. The first-order valence-corrected chi connectivity index (χ1v) is 8.60. The van der Waals surface area contributed by atoms with Crippen LogP contribution >= 0.6 is 0 Å². The molecule has 0 radical (unpaired) electrons. The monoisotopic (exact) mass is 351 g/mol. The molecule has 1 fully saturated rings. The maximum absolute atomic E-state index is 12.7. The van der Waals surface area contributed by atoms with E-state index in [0.29, 0.717) is 19.5 Å². The average molecular weight is 351 g/mol. The fourth-order valence-corrected chi connectivity index (χ4v) is 3.96. The molecule has 3 aromatic rings. The molecule has 0 amide bonds. The third-order valence-electron chi connectivity index (χ3n) is 5.25. The normalized spacial score (nSPS) is 19.9. The van der Waals surface area contributed by atoms with Crippen LogP contribution < -0.4 is 4.90 Å². The summed E-state index contributed by atoms with van der Waals surface area (Å²) in [4.78, 5) is 23.8.